The Kier molecular flexibility index (Phi) is 3.95. The minimum absolute atomic E-state index is 0.0605. The lowest BCUT2D eigenvalue weighted by molar-refractivity contribution is 0.674. The molecule has 3 N–H and O–H groups in total. The molecule has 3 aromatic rings. The van der Waals surface area contributed by atoms with E-state index < -0.39 is 0 Å². The molecule has 1 atom stereocenters. The van der Waals surface area contributed by atoms with Crippen molar-refractivity contribution in [3.8, 4) is 0 Å². The summed E-state index contributed by atoms with van der Waals surface area (Å²) in [5, 5.41) is 6.67. The zero-order valence-corrected chi connectivity index (χ0v) is 11.9. The van der Waals surface area contributed by atoms with Crippen molar-refractivity contribution in [2.45, 2.75) is 12.5 Å². The Morgan fingerprint density at radius 2 is 2.00 bits per heavy atom. The fourth-order valence-electron chi connectivity index (χ4n) is 2.25. The summed E-state index contributed by atoms with van der Waals surface area (Å²) in [5.74, 6) is 0.948. The van der Waals surface area contributed by atoms with Crippen LogP contribution in [0.5, 0.6) is 0 Å². The molecule has 1 aromatic carbocycles. The molecule has 0 aliphatic carbocycles. The normalized spacial score (nSPS) is 12.4. The zero-order valence-electron chi connectivity index (χ0n) is 11.1. The lowest BCUT2D eigenvalue weighted by Crippen LogP contribution is -2.15. The SMILES string of the molecule is NC(CCNc1nccc2sccc12)c1ccccc1. The van der Waals surface area contributed by atoms with Crippen molar-refractivity contribution in [3.63, 3.8) is 0 Å². The van der Waals surface area contributed by atoms with Crippen LogP contribution in [0.25, 0.3) is 10.1 Å². The summed E-state index contributed by atoms with van der Waals surface area (Å²) in [4.78, 5) is 4.40. The van der Waals surface area contributed by atoms with Gasteiger partial charge < -0.3 is 11.1 Å². The fourth-order valence-corrected chi connectivity index (χ4v) is 3.03. The Bertz CT molecular complexity index is 678. The van der Waals surface area contributed by atoms with Crippen LogP contribution in [0.1, 0.15) is 18.0 Å². The smallest absolute Gasteiger partial charge is 0.134 e. The predicted octanol–water partition coefficient (Wildman–Crippen LogP) is 3.80. The van der Waals surface area contributed by atoms with Crippen LogP contribution in [0.15, 0.2) is 54.0 Å². The highest BCUT2D eigenvalue weighted by Crippen LogP contribution is 2.25. The first-order valence-corrected chi connectivity index (χ1v) is 7.59. The first kappa shape index (κ1) is 13.1. The van der Waals surface area contributed by atoms with Gasteiger partial charge in [0.05, 0.1) is 0 Å². The average molecular weight is 283 g/mol. The number of anilines is 1. The molecule has 3 nitrogen and oxygen atoms in total. The van der Waals surface area contributed by atoms with Crippen molar-refractivity contribution in [3.05, 3.63) is 59.6 Å². The summed E-state index contributed by atoms with van der Waals surface area (Å²) in [7, 11) is 0. The Balaban J connectivity index is 1.61. The van der Waals surface area contributed by atoms with Gasteiger partial charge in [-0.05, 0) is 29.5 Å². The minimum Gasteiger partial charge on any atom is -0.369 e. The van der Waals surface area contributed by atoms with E-state index in [-0.39, 0.29) is 6.04 Å². The molecule has 0 amide bonds. The van der Waals surface area contributed by atoms with Gasteiger partial charge in [-0.15, -0.1) is 11.3 Å². The number of fused-ring (bicyclic) bond motifs is 1. The summed E-state index contributed by atoms with van der Waals surface area (Å²) in [6, 6.07) is 14.4. The third kappa shape index (κ3) is 2.81. The summed E-state index contributed by atoms with van der Waals surface area (Å²) in [6.07, 6.45) is 2.73. The maximum Gasteiger partial charge on any atom is 0.134 e. The molecule has 2 aromatic heterocycles. The topological polar surface area (TPSA) is 50.9 Å². The van der Waals surface area contributed by atoms with E-state index in [1.807, 2.05) is 30.5 Å². The maximum absolute atomic E-state index is 6.19. The van der Waals surface area contributed by atoms with Gasteiger partial charge in [-0.25, -0.2) is 4.98 Å². The lowest BCUT2D eigenvalue weighted by Gasteiger charge is -2.13. The lowest BCUT2D eigenvalue weighted by atomic mass is 10.1. The van der Waals surface area contributed by atoms with Gasteiger partial charge >= 0.3 is 0 Å². The quantitative estimate of drug-likeness (QED) is 0.749. The molecule has 20 heavy (non-hydrogen) atoms. The second-order valence-corrected chi connectivity index (χ2v) is 5.67. The largest absolute Gasteiger partial charge is 0.369 e. The van der Waals surface area contributed by atoms with E-state index in [9.17, 15) is 0 Å². The zero-order chi connectivity index (χ0) is 13.8. The molecule has 0 saturated heterocycles. The van der Waals surface area contributed by atoms with Crippen molar-refractivity contribution in [2.75, 3.05) is 11.9 Å². The standard InChI is InChI=1S/C16H17N3S/c17-14(12-4-2-1-3-5-12)6-9-18-16-13-8-11-20-15(13)7-10-19-16/h1-5,7-8,10-11,14H,6,9,17H2,(H,18,19). The molecule has 0 aliphatic rings. The van der Waals surface area contributed by atoms with Gasteiger partial charge in [-0.1, -0.05) is 30.3 Å². The van der Waals surface area contributed by atoms with Crippen molar-refractivity contribution in [2.24, 2.45) is 5.73 Å². The second-order valence-electron chi connectivity index (χ2n) is 4.72. The van der Waals surface area contributed by atoms with E-state index in [1.165, 1.54) is 15.6 Å². The van der Waals surface area contributed by atoms with Crippen LogP contribution in [-0.2, 0) is 0 Å². The molecule has 3 rings (SSSR count). The molecule has 1 unspecified atom stereocenters. The Hall–Kier alpha value is -1.91. The van der Waals surface area contributed by atoms with Crippen molar-refractivity contribution in [1.29, 1.82) is 0 Å². The average Bonchev–Trinajstić information content (AvgIpc) is 2.97. The van der Waals surface area contributed by atoms with E-state index in [0.717, 1.165) is 18.8 Å². The predicted molar refractivity (Wildman–Crippen MR) is 86.1 cm³/mol. The van der Waals surface area contributed by atoms with Crippen LogP contribution >= 0.6 is 11.3 Å². The molecule has 2 heterocycles. The molecule has 0 aliphatic heterocycles. The van der Waals surface area contributed by atoms with E-state index in [4.69, 9.17) is 5.73 Å². The van der Waals surface area contributed by atoms with Gasteiger partial charge in [0.1, 0.15) is 5.82 Å². The van der Waals surface area contributed by atoms with Crippen LogP contribution in [-0.4, -0.2) is 11.5 Å². The number of pyridine rings is 1. The molecule has 0 saturated carbocycles. The summed E-state index contributed by atoms with van der Waals surface area (Å²) < 4.78 is 1.26. The van der Waals surface area contributed by atoms with Crippen molar-refractivity contribution in [1.82, 2.24) is 4.98 Å². The summed E-state index contributed by atoms with van der Waals surface area (Å²) >= 11 is 1.73. The number of nitrogens with one attached hydrogen (secondary N) is 1. The van der Waals surface area contributed by atoms with Gasteiger partial charge in [0, 0.05) is 28.9 Å². The molecule has 0 radical (unpaired) electrons. The van der Waals surface area contributed by atoms with Gasteiger partial charge in [0.15, 0.2) is 0 Å². The van der Waals surface area contributed by atoms with Crippen molar-refractivity contribution >= 4 is 27.2 Å². The number of nitrogens with two attached hydrogens (primary N) is 1. The van der Waals surface area contributed by atoms with E-state index in [2.05, 4.69) is 33.9 Å². The molecule has 102 valence electrons. The van der Waals surface area contributed by atoms with E-state index in [1.54, 1.807) is 11.3 Å². The van der Waals surface area contributed by atoms with Gasteiger partial charge in [-0.2, -0.15) is 0 Å². The van der Waals surface area contributed by atoms with Crippen LogP contribution in [0.4, 0.5) is 5.82 Å². The van der Waals surface area contributed by atoms with Gasteiger partial charge in [0.25, 0.3) is 0 Å². The summed E-state index contributed by atoms with van der Waals surface area (Å²) in [6.45, 7) is 0.817. The Morgan fingerprint density at radius 3 is 2.85 bits per heavy atom. The second kappa shape index (κ2) is 6.03. The first-order chi connectivity index (χ1) is 9.84. The third-order valence-corrected chi connectivity index (χ3v) is 4.24. The highest BCUT2D eigenvalue weighted by atomic mass is 32.1. The van der Waals surface area contributed by atoms with Gasteiger partial charge in [0.2, 0.25) is 0 Å². The van der Waals surface area contributed by atoms with Gasteiger partial charge in [-0.3, -0.25) is 0 Å². The molecule has 0 bridgehead atoms. The minimum atomic E-state index is 0.0605. The number of thiophene rings is 1. The van der Waals surface area contributed by atoms with Crippen LogP contribution in [0.2, 0.25) is 0 Å². The highest BCUT2D eigenvalue weighted by molar-refractivity contribution is 7.17. The Labute approximate surface area is 122 Å². The molecule has 0 fully saturated rings. The van der Waals surface area contributed by atoms with Crippen LogP contribution < -0.4 is 11.1 Å². The number of benzene rings is 1. The molecule has 4 heteroatoms. The number of aromatic nitrogens is 1. The maximum atomic E-state index is 6.19. The fraction of sp³-hybridized carbons (Fsp3) is 0.188. The number of nitrogens with zero attached hydrogens (tertiary/aromatic N) is 1. The molecular formula is C16H17N3S. The van der Waals surface area contributed by atoms with Crippen molar-refractivity contribution < 1.29 is 0 Å². The monoisotopic (exact) mass is 283 g/mol. The number of hydrogen-bond donors (Lipinski definition) is 2. The third-order valence-electron chi connectivity index (χ3n) is 3.36. The molecule has 0 spiro atoms. The first-order valence-electron chi connectivity index (χ1n) is 6.71. The number of rotatable bonds is 5. The van der Waals surface area contributed by atoms with Crippen LogP contribution in [0.3, 0.4) is 0 Å². The Morgan fingerprint density at radius 1 is 1.15 bits per heavy atom. The van der Waals surface area contributed by atoms with E-state index in [0.29, 0.717) is 0 Å². The number of hydrogen-bond acceptors (Lipinski definition) is 4. The molecular weight excluding hydrogens is 266 g/mol. The van der Waals surface area contributed by atoms with Crippen LogP contribution in [0, 0.1) is 0 Å². The van der Waals surface area contributed by atoms with E-state index >= 15 is 0 Å². The summed E-state index contributed by atoms with van der Waals surface area (Å²) in [5.41, 5.74) is 7.37. The highest BCUT2D eigenvalue weighted by Gasteiger charge is 2.06.